The average molecular weight is 602 g/mol. The first-order valence-corrected chi connectivity index (χ1v) is 20.3. The van der Waals surface area contributed by atoms with Crippen LogP contribution in [0.1, 0.15) is 251 Å². The van der Waals surface area contributed by atoms with Crippen molar-refractivity contribution in [2.24, 2.45) is 0 Å². The minimum absolute atomic E-state index is 0.618. The average Bonchev–Trinajstić information content (AvgIpc) is 3.51. The molecule has 0 aromatic carbocycles. The maximum absolute atomic E-state index is 3.72. The highest BCUT2D eigenvalue weighted by Crippen LogP contribution is 2.27. The van der Waals surface area contributed by atoms with E-state index in [1.54, 1.807) is 0 Å². The number of unbranched alkanes of at least 4 members (excludes halogenated alkanes) is 26. The van der Waals surface area contributed by atoms with Crippen molar-refractivity contribution < 1.29 is 4.57 Å². The molecule has 2 atom stereocenters. The van der Waals surface area contributed by atoms with Gasteiger partial charge in [-0.15, -0.1) is 0 Å². The van der Waals surface area contributed by atoms with Gasteiger partial charge in [0.1, 0.15) is 12.4 Å². The van der Waals surface area contributed by atoms with Gasteiger partial charge in [-0.2, -0.15) is 0 Å². The Balaban J connectivity index is 2.23. The molecule has 1 heterocycles. The smallest absolute Gasteiger partial charge is 0.247 e. The van der Waals surface area contributed by atoms with Gasteiger partial charge in [-0.1, -0.05) is 201 Å². The number of aromatic nitrogens is 2. The number of rotatable bonds is 34. The van der Waals surface area contributed by atoms with Crippen molar-refractivity contribution in [1.29, 1.82) is 0 Å². The van der Waals surface area contributed by atoms with E-state index in [-0.39, 0.29) is 0 Å². The van der Waals surface area contributed by atoms with E-state index < -0.39 is 0 Å². The number of hydrogen-bond acceptors (Lipinski definition) is 0. The summed E-state index contributed by atoms with van der Waals surface area (Å²) < 4.78 is 2.60. The van der Waals surface area contributed by atoms with Crippen LogP contribution < -0.4 is 4.57 Å². The summed E-state index contributed by atoms with van der Waals surface area (Å²) in [5.41, 5.74) is 0. The van der Waals surface area contributed by atoms with Crippen molar-refractivity contribution in [1.82, 2.24) is 4.98 Å². The Morgan fingerprint density at radius 1 is 0.442 bits per heavy atom. The Labute approximate surface area is 272 Å². The second-order valence-corrected chi connectivity index (χ2v) is 14.4. The summed E-state index contributed by atoms with van der Waals surface area (Å²) in [5, 5.41) is 0. The van der Waals surface area contributed by atoms with E-state index in [4.69, 9.17) is 0 Å². The Kier molecular flexibility index (Phi) is 29.2. The summed E-state index contributed by atoms with van der Waals surface area (Å²) in [5.74, 6) is 2.24. The largest absolute Gasteiger partial charge is 0.257 e. The second kappa shape index (κ2) is 31.2. The Bertz CT molecular complexity index is 664. The van der Waals surface area contributed by atoms with E-state index in [2.05, 4.69) is 49.6 Å². The molecule has 0 amide bonds. The molecule has 0 spiro atoms. The molecule has 0 radical (unpaired) electrons. The molecule has 2 heteroatoms. The maximum Gasteiger partial charge on any atom is 0.257 e. The lowest BCUT2D eigenvalue weighted by molar-refractivity contribution is -0.727. The SMILES string of the molecule is CCCCCCCCCCCCCCCCCCCC(CCCCCCCCCCCC)c1[nH]cc[n+]1C(C)CCCC. The summed E-state index contributed by atoms with van der Waals surface area (Å²) in [6.45, 7) is 9.38. The van der Waals surface area contributed by atoms with Gasteiger partial charge in [-0.3, -0.25) is 0 Å². The number of H-pyrrole nitrogens is 1. The fraction of sp³-hybridized carbons (Fsp3) is 0.927. The fourth-order valence-corrected chi connectivity index (χ4v) is 7.12. The third kappa shape index (κ3) is 23.2. The van der Waals surface area contributed by atoms with Crippen molar-refractivity contribution >= 4 is 0 Å². The van der Waals surface area contributed by atoms with Gasteiger partial charge in [-0.25, -0.2) is 9.55 Å². The van der Waals surface area contributed by atoms with Gasteiger partial charge >= 0.3 is 0 Å². The van der Waals surface area contributed by atoms with Gasteiger partial charge in [-0.05, 0) is 32.6 Å². The lowest BCUT2D eigenvalue weighted by Crippen LogP contribution is -2.41. The Morgan fingerprint density at radius 2 is 0.767 bits per heavy atom. The third-order valence-electron chi connectivity index (χ3n) is 10.1. The van der Waals surface area contributed by atoms with Crippen LogP contribution in [0.2, 0.25) is 0 Å². The molecule has 0 aliphatic heterocycles. The highest BCUT2D eigenvalue weighted by Gasteiger charge is 2.25. The van der Waals surface area contributed by atoms with Crippen LogP contribution in [0.3, 0.4) is 0 Å². The van der Waals surface area contributed by atoms with Crippen LogP contribution in [0.4, 0.5) is 0 Å². The molecule has 2 unspecified atom stereocenters. The normalized spacial score (nSPS) is 13.1. The lowest BCUT2D eigenvalue weighted by atomic mass is 9.92. The van der Waals surface area contributed by atoms with E-state index in [9.17, 15) is 0 Å². The molecule has 0 aliphatic carbocycles. The van der Waals surface area contributed by atoms with Gasteiger partial charge in [0.05, 0.1) is 12.0 Å². The predicted octanol–water partition coefficient (Wildman–Crippen LogP) is 14.5. The molecule has 0 fully saturated rings. The first kappa shape index (κ1) is 40.2. The number of nitrogens with zero attached hydrogens (tertiary/aromatic N) is 1. The van der Waals surface area contributed by atoms with Gasteiger partial charge in [0, 0.05) is 0 Å². The zero-order valence-electron chi connectivity index (χ0n) is 30.4. The van der Waals surface area contributed by atoms with Crippen molar-refractivity contribution in [3.63, 3.8) is 0 Å². The Morgan fingerprint density at radius 3 is 1.12 bits per heavy atom. The van der Waals surface area contributed by atoms with E-state index in [1.165, 1.54) is 211 Å². The van der Waals surface area contributed by atoms with E-state index in [0.717, 1.165) is 0 Å². The molecule has 2 nitrogen and oxygen atoms in total. The van der Waals surface area contributed by atoms with Gasteiger partial charge in [0.2, 0.25) is 0 Å². The van der Waals surface area contributed by atoms with Gasteiger partial charge in [0.15, 0.2) is 0 Å². The quantitative estimate of drug-likeness (QED) is 0.0599. The molecular formula is C41H81N2+. The van der Waals surface area contributed by atoms with Crippen LogP contribution in [0.25, 0.3) is 0 Å². The van der Waals surface area contributed by atoms with Crippen molar-refractivity contribution in [3.05, 3.63) is 18.2 Å². The topological polar surface area (TPSA) is 19.7 Å². The summed E-state index contributed by atoms with van der Waals surface area (Å²) in [6.07, 6.45) is 50.3. The van der Waals surface area contributed by atoms with Crippen LogP contribution in [0.5, 0.6) is 0 Å². The summed E-state index contributed by atoms with van der Waals surface area (Å²) in [7, 11) is 0. The second-order valence-electron chi connectivity index (χ2n) is 14.4. The molecule has 0 bridgehead atoms. The maximum atomic E-state index is 3.72. The van der Waals surface area contributed by atoms with Gasteiger partial charge < -0.3 is 0 Å². The molecule has 0 saturated carbocycles. The molecular weight excluding hydrogens is 520 g/mol. The minimum atomic E-state index is 0.618. The van der Waals surface area contributed by atoms with Crippen LogP contribution in [-0.2, 0) is 0 Å². The van der Waals surface area contributed by atoms with Crippen molar-refractivity contribution in [2.75, 3.05) is 0 Å². The monoisotopic (exact) mass is 602 g/mol. The fourth-order valence-electron chi connectivity index (χ4n) is 7.12. The molecule has 1 aromatic rings. The minimum Gasteiger partial charge on any atom is -0.247 e. The van der Waals surface area contributed by atoms with E-state index in [0.29, 0.717) is 12.0 Å². The third-order valence-corrected chi connectivity index (χ3v) is 10.1. The van der Waals surface area contributed by atoms with Crippen LogP contribution in [0, 0.1) is 0 Å². The Hall–Kier alpha value is -0.790. The molecule has 1 aromatic heterocycles. The zero-order chi connectivity index (χ0) is 31.1. The summed E-state index contributed by atoms with van der Waals surface area (Å²) >= 11 is 0. The zero-order valence-corrected chi connectivity index (χ0v) is 30.4. The highest BCUT2D eigenvalue weighted by atomic mass is 15.1. The predicted molar refractivity (Wildman–Crippen MR) is 193 cm³/mol. The number of imidazole rings is 1. The number of aromatic amines is 1. The standard InChI is InChI=1S/C41H80N2/c1-5-8-11-13-15-17-19-20-21-22-23-24-25-27-29-31-33-36-40(35-32-30-28-26-18-16-14-12-9-6-2)41-42-37-38-43(41)39(4)34-10-7-3/h37-40H,5-36H2,1-4H3/p+1. The van der Waals surface area contributed by atoms with Crippen molar-refractivity contribution in [3.8, 4) is 0 Å². The molecule has 43 heavy (non-hydrogen) atoms. The van der Waals surface area contributed by atoms with Crippen molar-refractivity contribution in [2.45, 2.75) is 245 Å². The van der Waals surface area contributed by atoms with E-state index in [1.807, 2.05) is 0 Å². The molecule has 254 valence electrons. The van der Waals surface area contributed by atoms with Crippen LogP contribution in [-0.4, -0.2) is 4.98 Å². The number of hydrogen-bond donors (Lipinski definition) is 1. The molecule has 1 rings (SSSR count). The molecule has 0 saturated heterocycles. The molecule has 1 N–H and O–H groups in total. The first-order chi connectivity index (χ1) is 21.2. The number of nitrogens with one attached hydrogen (secondary N) is 1. The van der Waals surface area contributed by atoms with E-state index >= 15 is 0 Å². The summed E-state index contributed by atoms with van der Waals surface area (Å²) in [6, 6.07) is 0.618. The first-order valence-electron chi connectivity index (χ1n) is 20.3. The van der Waals surface area contributed by atoms with Gasteiger partial charge in [0.25, 0.3) is 5.82 Å². The lowest BCUT2D eigenvalue weighted by Gasteiger charge is -2.17. The molecule has 0 aliphatic rings. The summed E-state index contributed by atoms with van der Waals surface area (Å²) in [4.78, 5) is 3.72. The van der Waals surface area contributed by atoms with Crippen LogP contribution >= 0.6 is 0 Å². The highest BCUT2D eigenvalue weighted by molar-refractivity contribution is 4.90. The van der Waals surface area contributed by atoms with Crippen LogP contribution in [0.15, 0.2) is 12.4 Å².